The van der Waals surface area contributed by atoms with Gasteiger partial charge in [-0.1, -0.05) is 30.7 Å². The van der Waals surface area contributed by atoms with Crippen LogP contribution in [0.2, 0.25) is 5.02 Å². The summed E-state index contributed by atoms with van der Waals surface area (Å²) in [5, 5.41) is 19.4. The number of carboxylic acid groups (broad SMARTS) is 1. The van der Waals surface area contributed by atoms with Crippen LogP contribution in [0.4, 0.5) is 0 Å². The maximum atomic E-state index is 12.6. The molecule has 1 saturated heterocycles. The van der Waals surface area contributed by atoms with Crippen LogP contribution < -0.4 is 4.74 Å². The number of benzene rings is 1. The number of para-hydroxylation sites is 1. The molecule has 1 aromatic rings. The summed E-state index contributed by atoms with van der Waals surface area (Å²) in [4.78, 5) is 25.1. The number of rotatable bonds is 5. The molecule has 1 heterocycles. The lowest BCUT2D eigenvalue weighted by Gasteiger charge is -2.36. The van der Waals surface area contributed by atoms with Crippen LogP contribution in [0.3, 0.4) is 0 Å². The summed E-state index contributed by atoms with van der Waals surface area (Å²) < 4.78 is 5.71. The molecule has 0 saturated carbocycles. The molecule has 1 amide bonds. The molecule has 0 bridgehead atoms. The average molecular weight is 342 g/mol. The third-order valence-corrected chi connectivity index (χ3v) is 4.36. The lowest BCUT2D eigenvalue weighted by molar-refractivity contribution is -0.166. The quantitative estimate of drug-likeness (QED) is 0.854. The van der Waals surface area contributed by atoms with Crippen LogP contribution in [0, 0.1) is 0 Å². The summed E-state index contributed by atoms with van der Waals surface area (Å²) in [5.41, 5.74) is -1.75. The number of hydrogen-bond acceptors (Lipinski definition) is 4. The second-order valence-corrected chi connectivity index (χ2v) is 6.01. The average Bonchev–Trinajstić information content (AvgIpc) is 2.54. The minimum Gasteiger partial charge on any atom is -0.479 e. The molecule has 0 spiro atoms. The highest BCUT2D eigenvalue weighted by molar-refractivity contribution is 6.32. The first-order chi connectivity index (χ1) is 10.9. The normalized spacial score (nSPS) is 18.3. The van der Waals surface area contributed by atoms with Gasteiger partial charge in [0.2, 0.25) is 0 Å². The maximum Gasteiger partial charge on any atom is 0.335 e. The third-order valence-electron chi connectivity index (χ3n) is 4.05. The van der Waals surface area contributed by atoms with Crippen molar-refractivity contribution in [2.45, 2.75) is 37.9 Å². The SMILES string of the molecule is CCC(Oc1ccccc1Cl)C(=O)N1CCC(O)(C(=O)O)CC1. The molecule has 2 rings (SSSR count). The van der Waals surface area contributed by atoms with E-state index in [-0.39, 0.29) is 31.8 Å². The number of carboxylic acids is 1. The predicted molar refractivity (Wildman–Crippen MR) is 84.6 cm³/mol. The molecule has 0 radical (unpaired) electrons. The van der Waals surface area contributed by atoms with Gasteiger partial charge in [0, 0.05) is 25.9 Å². The van der Waals surface area contributed by atoms with Gasteiger partial charge >= 0.3 is 5.97 Å². The summed E-state index contributed by atoms with van der Waals surface area (Å²) in [6.07, 6.45) is -0.206. The number of carbonyl (C=O) groups is 2. The molecule has 1 aromatic carbocycles. The Morgan fingerprint density at radius 3 is 2.48 bits per heavy atom. The lowest BCUT2D eigenvalue weighted by Crippen LogP contribution is -2.53. The molecule has 0 aromatic heterocycles. The van der Waals surface area contributed by atoms with Crippen molar-refractivity contribution < 1.29 is 24.5 Å². The Labute approximate surface area is 139 Å². The molecule has 1 atom stereocenters. The lowest BCUT2D eigenvalue weighted by atomic mass is 9.91. The zero-order valence-electron chi connectivity index (χ0n) is 12.9. The fourth-order valence-corrected chi connectivity index (χ4v) is 2.70. The van der Waals surface area contributed by atoms with Gasteiger partial charge in [0.25, 0.3) is 5.91 Å². The van der Waals surface area contributed by atoms with Crippen LogP contribution in [-0.4, -0.2) is 51.8 Å². The van der Waals surface area contributed by atoms with Gasteiger partial charge in [0.15, 0.2) is 11.7 Å². The summed E-state index contributed by atoms with van der Waals surface area (Å²) in [7, 11) is 0. The van der Waals surface area contributed by atoms with E-state index in [2.05, 4.69) is 0 Å². The highest BCUT2D eigenvalue weighted by atomic mass is 35.5. The first-order valence-corrected chi connectivity index (χ1v) is 7.91. The van der Waals surface area contributed by atoms with Crippen molar-refractivity contribution in [2.24, 2.45) is 0 Å². The number of nitrogens with zero attached hydrogens (tertiary/aromatic N) is 1. The van der Waals surface area contributed by atoms with Crippen molar-refractivity contribution in [1.82, 2.24) is 4.90 Å². The molecule has 6 nitrogen and oxygen atoms in total. The fourth-order valence-electron chi connectivity index (χ4n) is 2.52. The van der Waals surface area contributed by atoms with Gasteiger partial charge in [-0.15, -0.1) is 0 Å². The Bertz CT molecular complexity index is 584. The third kappa shape index (κ3) is 3.95. The Hall–Kier alpha value is -1.79. The van der Waals surface area contributed by atoms with E-state index < -0.39 is 17.7 Å². The van der Waals surface area contributed by atoms with E-state index in [0.29, 0.717) is 17.2 Å². The Balaban J connectivity index is 2.01. The highest BCUT2D eigenvalue weighted by Crippen LogP contribution is 2.27. The minimum absolute atomic E-state index is 0.0105. The van der Waals surface area contributed by atoms with Gasteiger partial charge in [-0.25, -0.2) is 4.79 Å². The number of hydrogen-bond donors (Lipinski definition) is 2. The molecule has 1 unspecified atom stereocenters. The van der Waals surface area contributed by atoms with Crippen LogP contribution >= 0.6 is 11.6 Å². The first kappa shape index (κ1) is 17.6. The number of piperidine rings is 1. The van der Waals surface area contributed by atoms with E-state index in [1.54, 1.807) is 24.3 Å². The van der Waals surface area contributed by atoms with E-state index in [1.807, 2.05) is 6.92 Å². The van der Waals surface area contributed by atoms with Crippen molar-refractivity contribution in [3.8, 4) is 5.75 Å². The largest absolute Gasteiger partial charge is 0.479 e. The monoisotopic (exact) mass is 341 g/mol. The number of amides is 1. The number of ether oxygens (including phenoxy) is 1. The number of aliphatic hydroxyl groups is 1. The Morgan fingerprint density at radius 1 is 1.35 bits per heavy atom. The molecular weight excluding hydrogens is 322 g/mol. The molecule has 7 heteroatoms. The van der Waals surface area contributed by atoms with Crippen molar-refractivity contribution in [1.29, 1.82) is 0 Å². The van der Waals surface area contributed by atoms with E-state index in [4.69, 9.17) is 21.4 Å². The van der Waals surface area contributed by atoms with Crippen molar-refractivity contribution >= 4 is 23.5 Å². The van der Waals surface area contributed by atoms with Crippen molar-refractivity contribution in [3.05, 3.63) is 29.3 Å². The first-order valence-electron chi connectivity index (χ1n) is 7.53. The van der Waals surface area contributed by atoms with Crippen LogP contribution in [-0.2, 0) is 9.59 Å². The van der Waals surface area contributed by atoms with Gasteiger partial charge in [-0.05, 0) is 18.6 Å². The fraction of sp³-hybridized carbons (Fsp3) is 0.500. The zero-order chi connectivity index (χ0) is 17.0. The smallest absolute Gasteiger partial charge is 0.335 e. The molecule has 1 fully saturated rings. The summed E-state index contributed by atoms with van der Waals surface area (Å²) in [6, 6.07) is 6.92. The van der Waals surface area contributed by atoms with Gasteiger partial charge in [0.1, 0.15) is 5.75 Å². The molecule has 0 aliphatic carbocycles. The van der Waals surface area contributed by atoms with E-state index >= 15 is 0 Å². The molecule has 126 valence electrons. The molecular formula is C16H20ClNO5. The van der Waals surface area contributed by atoms with Crippen molar-refractivity contribution in [3.63, 3.8) is 0 Å². The maximum absolute atomic E-state index is 12.6. The van der Waals surface area contributed by atoms with E-state index in [0.717, 1.165) is 0 Å². The zero-order valence-corrected chi connectivity index (χ0v) is 13.6. The number of likely N-dealkylation sites (tertiary alicyclic amines) is 1. The van der Waals surface area contributed by atoms with Crippen molar-refractivity contribution in [2.75, 3.05) is 13.1 Å². The Kier molecular flexibility index (Phi) is 5.49. The number of aliphatic carboxylic acids is 1. The highest BCUT2D eigenvalue weighted by Gasteiger charge is 2.41. The van der Waals surface area contributed by atoms with Gasteiger partial charge in [-0.3, -0.25) is 4.79 Å². The summed E-state index contributed by atoms with van der Waals surface area (Å²) in [6.45, 7) is 2.20. The predicted octanol–water partition coefficient (Wildman–Crippen LogP) is 1.94. The van der Waals surface area contributed by atoms with E-state index in [1.165, 1.54) is 4.90 Å². The van der Waals surface area contributed by atoms with E-state index in [9.17, 15) is 14.7 Å². The second kappa shape index (κ2) is 7.19. The summed E-state index contributed by atoms with van der Waals surface area (Å²) >= 11 is 6.04. The molecule has 1 aliphatic rings. The van der Waals surface area contributed by atoms with Gasteiger partial charge in [-0.2, -0.15) is 0 Å². The number of halogens is 1. The topological polar surface area (TPSA) is 87.1 Å². The molecule has 1 aliphatic heterocycles. The van der Waals surface area contributed by atoms with Gasteiger partial charge in [0.05, 0.1) is 5.02 Å². The van der Waals surface area contributed by atoms with Crippen LogP contribution in [0.15, 0.2) is 24.3 Å². The number of carbonyl (C=O) groups excluding carboxylic acids is 1. The minimum atomic E-state index is -1.75. The molecule has 2 N–H and O–H groups in total. The van der Waals surface area contributed by atoms with Crippen LogP contribution in [0.5, 0.6) is 5.75 Å². The van der Waals surface area contributed by atoms with Crippen LogP contribution in [0.1, 0.15) is 26.2 Å². The van der Waals surface area contributed by atoms with Gasteiger partial charge < -0.3 is 19.8 Å². The molecule has 23 heavy (non-hydrogen) atoms. The summed E-state index contributed by atoms with van der Waals surface area (Å²) in [5.74, 6) is -1.03. The second-order valence-electron chi connectivity index (χ2n) is 5.61. The standard InChI is InChI=1S/C16H20ClNO5/c1-2-12(23-13-6-4-3-5-11(13)17)14(19)18-9-7-16(22,8-10-18)15(20)21/h3-6,12,22H,2,7-10H2,1H3,(H,20,21). The van der Waals surface area contributed by atoms with Crippen LogP contribution in [0.25, 0.3) is 0 Å². The Morgan fingerprint density at radius 2 is 1.96 bits per heavy atom.